The van der Waals surface area contributed by atoms with Gasteiger partial charge >= 0.3 is 6.03 Å². The molecule has 0 fully saturated rings. The molecule has 0 heterocycles. The number of ether oxygens (including phenoxy) is 3. The SMILES string of the molecule is CCOc1ccc(CCNC(=O)NCOc2cccc(C)c2C)cc1OCC. The normalized spacial score (nSPS) is 10.3. The summed E-state index contributed by atoms with van der Waals surface area (Å²) in [7, 11) is 0. The molecule has 2 rings (SSSR count). The average Bonchev–Trinajstić information content (AvgIpc) is 2.67. The molecule has 0 aliphatic carbocycles. The van der Waals surface area contributed by atoms with Gasteiger partial charge in [-0.3, -0.25) is 0 Å². The van der Waals surface area contributed by atoms with E-state index in [0.29, 0.717) is 26.2 Å². The van der Waals surface area contributed by atoms with Gasteiger partial charge in [0.05, 0.1) is 13.2 Å². The minimum atomic E-state index is -0.263. The lowest BCUT2D eigenvalue weighted by atomic mass is 10.1. The third-order valence-electron chi connectivity index (χ3n) is 4.32. The Morgan fingerprint density at radius 1 is 0.893 bits per heavy atom. The molecule has 0 spiro atoms. The highest BCUT2D eigenvalue weighted by Gasteiger charge is 2.07. The lowest BCUT2D eigenvalue weighted by molar-refractivity contribution is 0.224. The number of carbonyl (C=O) groups is 1. The number of hydrogen-bond acceptors (Lipinski definition) is 4. The molecular weight excluding hydrogens is 356 g/mol. The molecule has 0 atom stereocenters. The van der Waals surface area contributed by atoms with Crippen molar-refractivity contribution in [2.24, 2.45) is 0 Å². The highest BCUT2D eigenvalue weighted by Crippen LogP contribution is 2.28. The molecule has 0 aromatic heterocycles. The van der Waals surface area contributed by atoms with Crippen molar-refractivity contribution in [2.45, 2.75) is 34.1 Å². The van der Waals surface area contributed by atoms with E-state index >= 15 is 0 Å². The lowest BCUT2D eigenvalue weighted by Gasteiger charge is -2.13. The summed E-state index contributed by atoms with van der Waals surface area (Å²) in [4.78, 5) is 11.9. The maximum Gasteiger partial charge on any atom is 0.317 e. The van der Waals surface area contributed by atoms with Crippen LogP contribution < -0.4 is 24.8 Å². The molecule has 6 heteroatoms. The van der Waals surface area contributed by atoms with Crippen LogP contribution in [-0.4, -0.2) is 32.5 Å². The van der Waals surface area contributed by atoms with E-state index in [1.165, 1.54) is 0 Å². The molecule has 0 unspecified atom stereocenters. The first-order chi connectivity index (χ1) is 13.5. The Balaban J connectivity index is 1.75. The zero-order valence-electron chi connectivity index (χ0n) is 17.1. The Kier molecular flexibility index (Phi) is 8.46. The second-order valence-electron chi connectivity index (χ2n) is 6.32. The highest BCUT2D eigenvalue weighted by molar-refractivity contribution is 5.73. The Morgan fingerprint density at radius 2 is 1.64 bits per heavy atom. The molecule has 152 valence electrons. The summed E-state index contributed by atoms with van der Waals surface area (Å²) in [5, 5.41) is 5.54. The first-order valence-corrected chi connectivity index (χ1v) is 9.64. The molecule has 0 saturated carbocycles. The third-order valence-corrected chi connectivity index (χ3v) is 4.32. The largest absolute Gasteiger partial charge is 0.490 e. The van der Waals surface area contributed by atoms with Crippen molar-refractivity contribution < 1.29 is 19.0 Å². The van der Waals surface area contributed by atoms with Gasteiger partial charge in [0.1, 0.15) is 5.75 Å². The summed E-state index contributed by atoms with van der Waals surface area (Å²) in [5.41, 5.74) is 3.30. The van der Waals surface area contributed by atoms with Crippen LogP contribution in [0.25, 0.3) is 0 Å². The predicted octanol–water partition coefficient (Wildman–Crippen LogP) is 3.98. The van der Waals surface area contributed by atoms with Gasteiger partial charge in [0.2, 0.25) is 0 Å². The number of urea groups is 1. The second-order valence-corrected chi connectivity index (χ2v) is 6.32. The molecule has 2 amide bonds. The van der Waals surface area contributed by atoms with E-state index in [4.69, 9.17) is 14.2 Å². The first kappa shape index (κ1) is 21.4. The molecule has 0 aliphatic rings. The van der Waals surface area contributed by atoms with Crippen LogP contribution in [0.15, 0.2) is 36.4 Å². The van der Waals surface area contributed by atoms with E-state index in [9.17, 15) is 4.79 Å². The number of amides is 2. The van der Waals surface area contributed by atoms with Crippen LogP contribution in [0.2, 0.25) is 0 Å². The minimum Gasteiger partial charge on any atom is -0.490 e. The number of rotatable bonds is 10. The average molecular weight is 386 g/mol. The smallest absolute Gasteiger partial charge is 0.317 e. The molecule has 0 radical (unpaired) electrons. The molecule has 0 saturated heterocycles. The maximum atomic E-state index is 11.9. The van der Waals surface area contributed by atoms with Gasteiger partial charge in [-0.05, 0) is 69.0 Å². The molecular formula is C22H30N2O4. The maximum absolute atomic E-state index is 11.9. The fraction of sp³-hybridized carbons (Fsp3) is 0.409. The number of hydrogen-bond donors (Lipinski definition) is 2. The number of nitrogens with one attached hydrogen (secondary N) is 2. The van der Waals surface area contributed by atoms with Crippen LogP contribution in [0.5, 0.6) is 17.2 Å². The number of carbonyl (C=O) groups excluding carboxylic acids is 1. The fourth-order valence-electron chi connectivity index (χ4n) is 2.69. The van der Waals surface area contributed by atoms with Crippen molar-refractivity contribution in [1.29, 1.82) is 0 Å². The number of benzene rings is 2. The van der Waals surface area contributed by atoms with E-state index < -0.39 is 0 Å². The minimum absolute atomic E-state index is 0.119. The van der Waals surface area contributed by atoms with Gasteiger partial charge in [0.15, 0.2) is 18.2 Å². The zero-order chi connectivity index (χ0) is 20.4. The van der Waals surface area contributed by atoms with Gasteiger partial charge in [-0.15, -0.1) is 0 Å². The fourth-order valence-corrected chi connectivity index (χ4v) is 2.69. The van der Waals surface area contributed by atoms with Crippen molar-refractivity contribution in [3.63, 3.8) is 0 Å². The summed E-state index contributed by atoms with van der Waals surface area (Å²) in [6.45, 7) is 9.70. The van der Waals surface area contributed by atoms with Crippen LogP contribution in [0.1, 0.15) is 30.5 Å². The van der Waals surface area contributed by atoms with Crippen molar-refractivity contribution >= 4 is 6.03 Å². The van der Waals surface area contributed by atoms with E-state index in [1.807, 2.05) is 64.1 Å². The van der Waals surface area contributed by atoms with Gasteiger partial charge < -0.3 is 24.8 Å². The molecule has 2 N–H and O–H groups in total. The lowest BCUT2D eigenvalue weighted by Crippen LogP contribution is -2.38. The molecule has 2 aromatic carbocycles. The highest BCUT2D eigenvalue weighted by atomic mass is 16.5. The Hall–Kier alpha value is -2.89. The summed E-state index contributed by atoms with van der Waals surface area (Å²) >= 11 is 0. The van der Waals surface area contributed by atoms with Crippen molar-refractivity contribution in [3.8, 4) is 17.2 Å². The van der Waals surface area contributed by atoms with Gasteiger partial charge in [-0.2, -0.15) is 0 Å². The van der Waals surface area contributed by atoms with E-state index in [1.54, 1.807) is 0 Å². The van der Waals surface area contributed by atoms with E-state index in [0.717, 1.165) is 33.9 Å². The first-order valence-electron chi connectivity index (χ1n) is 9.64. The molecule has 0 aliphatic heterocycles. The van der Waals surface area contributed by atoms with Crippen LogP contribution in [0.3, 0.4) is 0 Å². The van der Waals surface area contributed by atoms with Crippen LogP contribution in [-0.2, 0) is 6.42 Å². The van der Waals surface area contributed by atoms with Crippen LogP contribution in [0.4, 0.5) is 4.79 Å². The topological polar surface area (TPSA) is 68.8 Å². The van der Waals surface area contributed by atoms with Gasteiger partial charge in [0, 0.05) is 6.54 Å². The molecule has 0 bridgehead atoms. The van der Waals surface area contributed by atoms with E-state index in [2.05, 4.69) is 10.6 Å². The van der Waals surface area contributed by atoms with Crippen molar-refractivity contribution in [2.75, 3.05) is 26.5 Å². The molecule has 6 nitrogen and oxygen atoms in total. The van der Waals surface area contributed by atoms with E-state index in [-0.39, 0.29) is 12.8 Å². The molecule has 28 heavy (non-hydrogen) atoms. The summed E-state index contributed by atoms with van der Waals surface area (Å²) < 4.78 is 16.8. The van der Waals surface area contributed by atoms with Gasteiger partial charge in [-0.25, -0.2) is 4.79 Å². The van der Waals surface area contributed by atoms with Crippen LogP contribution >= 0.6 is 0 Å². The van der Waals surface area contributed by atoms with Crippen molar-refractivity contribution in [3.05, 3.63) is 53.1 Å². The Labute approximate surface area is 167 Å². The van der Waals surface area contributed by atoms with Crippen LogP contribution in [0, 0.1) is 13.8 Å². The quantitative estimate of drug-likeness (QED) is 0.606. The van der Waals surface area contributed by atoms with Crippen molar-refractivity contribution in [1.82, 2.24) is 10.6 Å². The van der Waals surface area contributed by atoms with Gasteiger partial charge in [0.25, 0.3) is 0 Å². The monoisotopic (exact) mass is 386 g/mol. The second kappa shape index (κ2) is 11.1. The standard InChI is InChI=1S/C22H30N2O4/c1-5-26-20-11-10-18(14-21(20)27-6-2)12-13-23-22(25)24-15-28-19-9-7-8-16(3)17(19)4/h7-11,14H,5-6,12-13,15H2,1-4H3,(H2,23,24,25). The summed E-state index contributed by atoms with van der Waals surface area (Å²) in [6, 6.07) is 11.4. The Morgan fingerprint density at radius 3 is 2.39 bits per heavy atom. The zero-order valence-corrected chi connectivity index (χ0v) is 17.1. The third kappa shape index (κ3) is 6.37. The number of aryl methyl sites for hydroxylation is 1. The Bertz CT molecular complexity index is 777. The molecule has 2 aromatic rings. The summed E-state index contributed by atoms with van der Waals surface area (Å²) in [5.74, 6) is 2.24. The predicted molar refractivity (Wildman–Crippen MR) is 110 cm³/mol. The summed E-state index contributed by atoms with van der Waals surface area (Å²) in [6.07, 6.45) is 0.692. The van der Waals surface area contributed by atoms with Gasteiger partial charge in [-0.1, -0.05) is 18.2 Å².